The van der Waals surface area contributed by atoms with Crippen molar-refractivity contribution in [1.82, 2.24) is 9.21 Å². The van der Waals surface area contributed by atoms with Crippen LogP contribution < -0.4 is 0 Å². The quantitative estimate of drug-likeness (QED) is 0.571. The summed E-state index contributed by atoms with van der Waals surface area (Å²) in [5.74, 6) is -0.250. The highest BCUT2D eigenvalue weighted by Gasteiger charge is 2.50. The van der Waals surface area contributed by atoms with E-state index < -0.39 is 10.0 Å². The van der Waals surface area contributed by atoms with Crippen molar-refractivity contribution in [3.63, 3.8) is 0 Å². The molecule has 2 aliphatic heterocycles. The van der Waals surface area contributed by atoms with Gasteiger partial charge in [0.15, 0.2) is 0 Å². The molecule has 0 amide bonds. The van der Waals surface area contributed by atoms with Crippen molar-refractivity contribution in [1.29, 1.82) is 0 Å². The fraction of sp³-hybridized carbons (Fsp3) is 0.357. The average Bonchev–Trinajstić information content (AvgIpc) is 2.83. The van der Waals surface area contributed by atoms with Crippen LogP contribution in [0, 0.1) is 12.7 Å². The van der Waals surface area contributed by atoms with Gasteiger partial charge in [-0.2, -0.15) is 4.31 Å². The smallest absolute Gasteiger partial charge is 0.243 e. The van der Waals surface area contributed by atoms with Gasteiger partial charge in [-0.05, 0) is 66.8 Å². The lowest BCUT2D eigenvalue weighted by Crippen LogP contribution is -2.67. The van der Waals surface area contributed by atoms with Crippen molar-refractivity contribution in [2.24, 2.45) is 0 Å². The number of fused-ring (bicyclic) bond motifs is 1. The Morgan fingerprint density at radius 3 is 2.40 bits per heavy atom. The molecule has 35 heavy (non-hydrogen) atoms. The second kappa shape index (κ2) is 9.82. The first-order chi connectivity index (χ1) is 16.9. The number of halogens is 1. The molecular weight excluding hydrogens is 463 g/mol. The third-order valence-corrected chi connectivity index (χ3v) is 9.52. The van der Waals surface area contributed by atoms with E-state index in [1.807, 2.05) is 49.4 Å². The van der Waals surface area contributed by atoms with Crippen molar-refractivity contribution in [2.75, 3.05) is 26.2 Å². The molecule has 0 bridgehead atoms. The van der Waals surface area contributed by atoms with Crippen molar-refractivity contribution in [3.05, 3.63) is 89.7 Å². The molecule has 2 fully saturated rings. The van der Waals surface area contributed by atoms with Crippen molar-refractivity contribution in [3.8, 4) is 11.1 Å². The Morgan fingerprint density at radius 1 is 0.943 bits per heavy atom. The summed E-state index contributed by atoms with van der Waals surface area (Å²) in [6, 6.07) is 21.6. The van der Waals surface area contributed by atoms with Crippen LogP contribution in [0.5, 0.6) is 0 Å². The molecule has 5 nitrogen and oxygen atoms in total. The number of nitrogens with zero attached hydrogens (tertiary/aromatic N) is 2. The van der Waals surface area contributed by atoms with Crippen molar-refractivity contribution < 1.29 is 17.9 Å². The third kappa shape index (κ3) is 4.54. The molecule has 3 aromatic rings. The zero-order chi connectivity index (χ0) is 24.6. The van der Waals surface area contributed by atoms with Gasteiger partial charge in [-0.3, -0.25) is 4.90 Å². The molecule has 0 saturated carbocycles. The summed E-state index contributed by atoms with van der Waals surface area (Å²) in [7, 11) is -3.62. The van der Waals surface area contributed by atoms with E-state index in [1.54, 1.807) is 22.5 Å². The van der Waals surface area contributed by atoms with E-state index in [0.717, 1.165) is 41.6 Å². The zero-order valence-corrected chi connectivity index (χ0v) is 20.7. The number of hydrogen-bond donors (Lipinski definition) is 1. The molecular formula is C28H31FN2O3S. The molecule has 2 saturated heterocycles. The van der Waals surface area contributed by atoms with Gasteiger partial charge in [0.2, 0.25) is 10.0 Å². The second-order valence-electron chi connectivity index (χ2n) is 9.55. The average molecular weight is 495 g/mol. The van der Waals surface area contributed by atoms with E-state index in [2.05, 4.69) is 4.90 Å². The molecule has 2 heterocycles. The topological polar surface area (TPSA) is 60.9 Å². The van der Waals surface area contributed by atoms with Gasteiger partial charge in [0.05, 0.1) is 11.5 Å². The minimum atomic E-state index is -3.62. The van der Waals surface area contributed by atoms with Crippen LogP contribution in [0.15, 0.2) is 77.7 Å². The Bertz CT molecular complexity index is 1300. The molecule has 0 aromatic heterocycles. The first kappa shape index (κ1) is 24.1. The van der Waals surface area contributed by atoms with Gasteiger partial charge in [0.25, 0.3) is 0 Å². The summed E-state index contributed by atoms with van der Waals surface area (Å²) < 4.78 is 42.5. The molecule has 0 aliphatic carbocycles. The lowest BCUT2D eigenvalue weighted by molar-refractivity contribution is -0.0553. The van der Waals surface area contributed by atoms with Crippen LogP contribution in [0.2, 0.25) is 0 Å². The Kier molecular flexibility index (Phi) is 6.77. The first-order valence-corrected chi connectivity index (χ1v) is 13.6. The Labute approximate surface area is 206 Å². The lowest BCUT2D eigenvalue weighted by Gasteiger charge is -2.57. The van der Waals surface area contributed by atoms with Gasteiger partial charge in [0.1, 0.15) is 5.82 Å². The highest BCUT2D eigenvalue weighted by Crippen LogP contribution is 2.43. The van der Waals surface area contributed by atoms with E-state index in [0.29, 0.717) is 18.0 Å². The summed E-state index contributed by atoms with van der Waals surface area (Å²) in [6.07, 6.45) is 1.68. The highest BCUT2D eigenvalue weighted by atomic mass is 32.2. The fourth-order valence-corrected chi connectivity index (χ4v) is 7.40. The van der Waals surface area contributed by atoms with Crippen LogP contribution in [-0.2, 0) is 10.0 Å². The summed E-state index contributed by atoms with van der Waals surface area (Å²) in [5.41, 5.74) is 3.55. The van der Waals surface area contributed by atoms with Crippen LogP contribution in [0.25, 0.3) is 11.1 Å². The van der Waals surface area contributed by atoms with Gasteiger partial charge in [-0.25, -0.2) is 12.8 Å². The van der Waals surface area contributed by atoms with Crippen LogP contribution in [0.1, 0.15) is 29.9 Å². The maximum Gasteiger partial charge on any atom is 0.243 e. The number of aliphatic hydroxyl groups is 1. The molecule has 184 valence electrons. The summed E-state index contributed by atoms with van der Waals surface area (Å²) in [5, 5.41) is 10.2. The molecule has 0 radical (unpaired) electrons. The lowest BCUT2D eigenvalue weighted by atomic mass is 9.74. The number of aryl methyl sites for hydroxylation is 1. The molecule has 0 spiro atoms. The monoisotopic (exact) mass is 494 g/mol. The molecule has 3 atom stereocenters. The number of sulfonamides is 1. The number of benzene rings is 3. The molecule has 5 rings (SSSR count). The number of rotatable bonds is 5. The zero-order valence-electron chi connectivity index (χ0n) is 19.8. The Balaban J connectivity index is 1.43. The number of hydrogen-bond acceptors (Lipinski definition) is 4. The van der Waals surface area contributed by atoms with Gasteiger partial charge in [0, 0.05) is 31.1 Å². The van der Waals surface area contributed by atoms with E-state index in [9.17, 15) is 17.9 Å². The van der Waals surface area contributed by atoms with Gasteiger partial charge < -0.3 is 5.11 Å². The first-order valence-electron chi connectivity index (χ1n) is 12.2. The second-order valence-corrected chi connectivity index (χ2v) is 11.5. The van der Waals surface area contributed by atoms with E-state index in [1.165, 1.54) is 12.1 Å². The Morgan fingerprint density at radius 2 is 1.69 bits per heavy atom. The highest BCUT2D eigenvalue weighted by molar-refractivity contribution is 7.89. The molecule has 0 unspecified atom stereocenters. The van der Waals surface area contributed by atoms with Gasteiger partial charge >= 0.3 is 0 Å². The fourth-order valence-electron chi connectivity index (χ4n) is 5.68. The largest absolute Gasteiger partial charge is 0.395 e. The molecule has 1 N–H and O–H groups in total. The van der Waals surface area contributed by atoms with Crippen molar-refractivity contribution >= 4 is 10.0 Å². The third-order valence-electron chi connectivity index (χ3n) is 7.50. The SMILES string of the molecule is Cc1ccccc1S(=O)(=O)N1CCCCN2[C@H](CO)[C@@H](c3ccc(-c4cccc(F)c4)cc3)[C@@H]2C1. The van der Waals surface area contributed by atoms with Crippen LogP contribution in [0.4, 0.5) is 4.39 Å². The summed E-state index contributed by atoms with van der Waals surface area (Å²) >= 11 is 0. The maximum absolute atomic E-state index is 13.7. The van der Waals surface area contributed by atoms with Crippen LogP contribution >= 0.6 is 0 Å². The Hall–Kier alpha value is -2.58. The predicted molar refractivity (Wildman–Crippen MR) is 135 cm³/mol. The normalized spacial score (nSPS) is 23.7. The maximum atomic E-state index is 13.7. The summed E-state index contributed by atoms with van der Waals surface area (Å²) in [6.45, 7) is 3.60. The number of aliphatic hydroxyl groups excluding tert-OH is 1. The van der Waals surface area contributed by atoms with Gasteiger partial charge in [-0.15, -0.1) is 0 Å². The summed E-state index contributed by atoms with van der Waals surface area (Å²) in [4.78, 5) is 2.63. The standard InChI is InChI=1S/C28H31FN2O3S/c1-20-7-2-3-10-27(20)35(33,34)30-15-4-5-16-31-25(18-30)28(26(31)19-32)22-13-11-21(12-14-22)23-8-6-9-24(29)17-23/h2-3,6-14,17,25-26,28,32H,4-5,15-16,18-19H2,1H3/t25-,26+,28-/m0/s1. The van der Waals surface area contributed by atoms with E-state index >= 15 is 0 Å². The van der Waals surface area contributed by atoms with E-state index in [4.69, 9.17) is 0 Å². The molecule has 7 heteroatoms. The molecule has 3 aromatic carbocycles. The van der Waals surface area contributed by atoms with Crippen LogP contribution in [0.3, 0.4) is 0 Å². The van der Waals surface area contributed by atoms with Crippen molar-refractivity contribution in [2.45, 2.75) is 42.7 Å². The molecule has 2 aliphatic rings. The van der Waals surface area contributed by atoms with E-state index in [-0.39, 0.29) is 30.4 Å². The minimum Gasteiger partial charge on any atom is -0.395 e. The van der Waals surface area contributed by atoms with Crippen LogP contribution in [-0.4, -0.2) is 61.1 Å². The van der Waals surface area contributed by atoms with Gasteiger partial charge in [-0.1, -0.05) is 54.6 Å². The minimum absolute atomic E-state index is 0.00809. The predicted octanol–water partition coefficient (Wildman–Crippen LogP) is 4.41.